The van der Waals surface area contributed by atoms with Crippen LogP contribution in [0.15, 0.2) is 0 Å². The number of rotatable bonds is 5. The van der Waals surface area contributed by atoms with Crippen molar-refractivity contribution in [3.8, 4) is 0 Å². The molecule has 2 fully saturated rings. The van der Waals surface area contributed by atoms with Crippen molar-refractivity contribution in [3.05, 3.63) is 0 Å². The summed E-state index contributed by atoms with van der Waals surface area (Å²) >= 11 is 0. The van der Waals surface area contributed by atoms with Crippen molar-refractivity contribution in [2.75, 3.05) is 13.6 Å². The number of nitrogens with one attached hydrogen (secondary N) is 1. The molecule has 2 amide bonds. The van der Waals surface area contributed by atoms with Crippen LogP contribution in [0.1, 0.15) is 26.2 Å². The number of hydrogen-bond acceptors (Lipinski definition) is 2. The fraction of sp³-hybridized carbons (Fsp3) is 0.833. The van der Waals surface area contributed by atoms with Crippen LogP contribution in [0.5, 0.6) is 0 Å². The van der Waals surface area contributed by atoms with E-state index in [0.29, 0.717) is 11.8 Å². The standard InChI is InChI=1S/C12H20N2O3/c1-7-5-9(7)6-14(2)12(17)13-10(11(15)16)8-3-4-8/h7-10H,3-6H2,1-2H3,(H,13,17)(H,15,16). The lowest BCUT2D eigenvalue weighted by Crippen LogP contribution is -2.48. The molecule has 2 rings (SSSR count). The summed E-state index contributed by atoms with van der Waals surface area (Å²) in [6.07, 6.45) is 2.98. The SMILES string of the molecule is CC1CC1CN(C)C(=O)NC(C(=O)O)C1CC1. The number of hydrogen-bond donors (Lipinski definition) is 2. The topological polar surface area (TPSA) is 69.6 Å². The zero-order chi connectivity index (χ0) is 12.6. The third-order valence-electron chi connectivity index (χ3n) is 3.77. The smallest absolute Gasteiger partial charge is 0.326 e. The first-order valence-electron chi connectivity index (χ1n) is 6.23. The largest absolute Gasteiger partial charge is 0.480 e. The van der Waals surface area contributed by atoms with E-state index in [2.05, 4.69) is 12.2 Å². The number of carboxylic acids is 1. The van der Waals surface area contributed by atoms with Gasteiger partial charge in [0.25, 0.3) is 0 Å². The molecule has 0 spiro atoms. The van der Waals surface area contributed by atoms with E-state index in [1.165, 1.54) is 6.42 Å². The molecule has 96 valence electrons. The molecule has 2 aliphatic carbocycles. The molecule has 0 aromatic carbocycles. The predicted molar refractivity (Wildman–Crippen MR) is 62.6 cm³/mol. The molecule has 0 bridgehead atoms. The first kappa shape index (κ1) is 12.2. The highest BCUT2D eigenvalue weighted by Gasteiger charge is 2.39. The summed E-state index contributed by atoms with van der Waals surface area (Å²) < 4.78 is 0. The minimum atomic E-state index is -0.922. The average Bonchev–Trinajstić information content (AvgIpc) is 3.13. The average molecular weight is 240 g/mol. The van der Waals surface area contributed by atoms with Gasteiger partial charge >= 0.3 is 12.0 Å². The van der Waals surface area contributed by atoms with Crippen molar-refractivity contribution >= 4 is 12.0 Å². The van der Waals surface area contributed by atoms with Gasteiger partial charge < -0.3 is 15.3 Å². The highest BCUT2D eigenvalue weighted by Crippen LogP contribution is 2.38. The number of carboxylic acid groups (broad SMARTS) is 1. The number of nitrogens with zero attached hydrogens (tertiary/aromatic N) is 1. The summed E-state index contributed by atoms with van der Waals surface area (Å²) in [6.45, 7) is 2.89. The Balaban J connectivity index is 1.79. The Hall–Kier alpha value is -1.26. The van der Waals surface area contributed by atoms with Gasteiger partial charge in [-0.3, -0.25) is 0 Å². The molecule has 3 atom stereocenters. The minimum Gasteiger partial charge on any atom is -0.480 e. The van der Waals surface area contributed by atoms with Crippen LogP contribution in [0, 0.1) is 17.8 Å². The van der Waals surface area contributed by atoms with Crippen LogP contribution in [0.4, 0.5) is 4.79 Å². The maximum Gasteiger partial charge on any atom is 0.326 e. The number of aliphatic carboxylic acids is 1. The lowest BCUT2D eigenvalue weighted by atomic mass is 10.2. The van der Waals surface area contributed by atoms with Gasteiger partial charge in [0, 0.05) is 13.6 Å². The Bertz CT molecular complexity index is 328. The van der Waals surface area contributed by atoms with Crippen LogP contribution >= 0.6 is 0 Å². The Kier molecular flexibility index (Phi) is 3.26. The van der Waals surface area contributed by atoms with Crippen LogP contribution in [-0.2, 0) is 4.79 Å². The summed E-state index contributed by atoms with van der Waals surface area (Å²) in [5, 5.41) is 11.6. The quantitative estimate of drug-likeness (QED) is 0.757. The molecule has 17 heavy (non-hydrogen) atoms. The van der Waals surface area contributed by atoms with E-state index < -0.39 is 12.0 Å². The van der Waals surface area contributed by atoms with Crippen molar-refractivity contribution < 1.29 is 14.7 Å². The summed E-state index contributed by atoms with van der Waals surface area (Å²) in [5.41, 5.74) is 0. The van der Waals surface area contributed by atoms with Crippen molar-refractivity contribution in [3.63, 3.8) is 0 Å². The molecular formula is C12H20N2O3. The van der Waals surface area contributed by atoms with Gasteiger partial charge in [-0.05, 0) is 37.0 Å². The highest BCUT2D eigenvalue weighted by molar-refractivity contribution is 5.83. The van der Waals surface area contributed by atoms with E-state index >= 15 is 0 Å². The maximum atomic E-state index is 11.8. The number of carbonyl (C=O) groups excluding carboxylic acids is 1. The van der Waals surface area contributed by atoms with E-state index in [0.717, 1.165) is 19.4 Å². The second-order valence-corrected chi connectivity index (χ2v) is 5.46. The van der Waals surface area contributed by atoms with Gasteiger partial charge in [0.15, 0.2) is 0 Å². The molecule has 2 N–H and O–H groups in total. The first-order valence-corrected chi connectivity index (χ1v) is 6.23. The lowest BCUT2D eigenvalue weighted by Gasteiger charge is -2.21. The van der Waals surface area contributed by atoms with Gasteiger partial charge in [-0.2, -0.15) is 0 Å². The number of urea groups is 1. The zero-order valence-corrected chi connectivity index (χ0v) is 10.3. The summed E-state index contributed by atoms with van der Waals surface area (Å²) in [4.78, 5) is 24.4. The van der Waals surface area contributed by atoms with Gasteiger partial charge in [-0.25, -0.2) is 9.59 Å². The summed E-state index contributed by atoms with van der Waals surface area (Å²) in [7, 11) is 1.73. The Morgan fingerprint density at radius 3 is 2.47 bits per heavy atom. The molecular weight excluding hydrogens is 220 g/mol. The summed E-state index contributed by atoms with van der Waals surface area (Å²) in [5.74, 6) is 0.498. The summed E-state index contributed by atoms with van der Waals surface area (Å²) in [6, 6.07) is -0.968. The van der Waals surface area contributed by atoms with Crippen LogP contribution in [0.25, 0.3) is 0 Å². The fourth-order valence-corrected chi connectivity index (χ4v) is 2.14. The monoisotopic (exact) mass is 240 g/mol. The molecule has 2 aliphatic rings. The van der Waals surface area contributed by atoms with E-state index in [9.17, 15) is 9.59 Å². The highest BCUT2D eigenvalue weighted by atomic mass is 16.4. The number of amides is 2. The molecule has 5 heteroatoms. The van der Waals surface area contributed by atoms with Crippen LogP contribution < -0.4 is 5.32 Å². The maximum absolute atomic E-state index is 11.8. The van der Waals surface area contributed by atoms with Gasteiger partial charge in [0.05, 0.1) is 0 Å². The van der Waals surface area contributed by atoms with Crippen molar-refractivity contribution in [2.24, 2.45) is 17.8 Å². The molecule has 0 aliphatic heterocycles. The fourth-order valence-electron chi connectivity index (χ4n) is 2.14. The molecule has 0 heterocycles. The second kappa shape index (κ2) is 4.55. The van der Waals surface area contributed by atoms with Crippen molar-refractivity contribution in [1.82, 2.24) is 10.2 Å². The zero-order valence-electron chi connectivity index (χ0n) is 10.3. The Morgan fingerprint density at radius 1 is 1.47 bits per heavy atom. The molecule has 5 nitrogen and oxygen atoms in total. The van der Waals surface area contributed by atoms with Crippen LogP contribution in [0.3, 0.4) is 0 Å². The molecule has 0 radical (unpaired) electrons. The minimum absolute atomic E-state index is 0.129. The van der Waals surface area contributed by atoms with Gasteiger partial charge in [0.2, 0.25) is 0 Å². The normalized spacial score (nSPS) is 28.4. The van der Waals surface area contributed by atoms with E-state index in [1.807, 2.05) is 0 Å². The van der Waals surface area contributed by atoms with Crippen LogP contribution in [-0.4, -0.2) is 41.6 Å². The van der Waals surface area contributed by atoms with Gasteiger partial charge in [-0.15, -0.1) is 0 Å². The second-order valence-electron chi connectivity index (χ2n) is 5.46. The molecule has 0 aromatic heterocycles. The van der Waals surface area contributed by atoms with E-state index in [-0.39, 0.29) is 11.9 Å². The first-order chi connectivity index (χ1) is 7.99. The van der Waals surface area contributed by atoms with Gasteiger partial charge in [0.1, 0.15) is 6.04 Å². The van der Waals surface area contributed by atoms with Crippen LogP contribution in [0.2, 0.25) is 0 Å². The van der Waals surface area contributed by atoms with Gasteiger partial charge in [-0.1, -0.05) is 6.92 Å². The van der Waals surface area contributed by atoms with E-state index in [4.69, 9.17) is 5.11 Å². The molecule has 0 saturated heterocycles. The Labute approximate surface area is 101 Å². The third-order valence-corrected chi connectivity index (χ3v) is 3.77. The van der Waals surface area contributed by atoms with E-state index in [1.54, 1.807) is 11.9 Å². The van der Waals surface area contributed by atoms with Crippen molar-refractivity contribution in [1.29, 1.82) is 0 Å². The molecule has 0 aromatic rings. The molecule has 3 unspecified atom stereocenters. The van der Waals surface area contributed by atoms with Crippen molar-refractivity contribution in [2.45, 2.75) is 32.2 Å². The lowest BCUT2D eigenvalue weighted by molar-refractivity contribution is -0.139. The third kappa shape index (κ3) is 3.11. The predicted octanol–water partition coefficient (Wildman–Crippen LogP) is 1.15. The number of carbonyl (C=O) groups is 2. The Morgan fingerprint density at radius 2 is 2.06 bits per heavy atom. The molecule has 2 saturated carbocycles.